The van der Waals surface area contributed by atoms with E-state index in [1.165, 1.54) is 10.9 Å². The Morgan fingerprint density at radius 3 is 2.78 bits per heavy atom. The maximum Gasteiger partial charge on any atom is 0.132 e. The minimum absolute atomic E-state index is 0. The summed E-state index contributed by atoms with van der Waals surface area (Å²) < 4.78 is 7.73. The minimum Gasteiger partial charge on any atom is -0.383 e. The second-order valence-corrected chi connectivity index (χ2v) is 7.35. The Morgan fingerprint density at radius 2 is 2.00 bits per heavy atom. The normalized spacial score (nSPS) is 15.8. The standard InChI is InChI=1S/C20H24N4OS.ClH/c21-20(17-5-13-26-15-17)22-18-3-2-16-4-8-24(19(16)14-18)7-1-6-23-9-11-25-12-10-23;/h2-5,8,13-15H,1,6-7,9-12H2,(H2,21,22);1H. The van der Waals surface area contributed by atoms with E-state index in [-0.39, 0.29) is 12.4 Å². The number of amidine groups is 1. The third-order valence-corrected chi connectivity index (χ3v) is 5.48. The number of aryl methyl sites for hydroxylation is 1. The van der Waals surface area contributed by atoms with E-state index < -0.39 is 0 Å². The highest BCUT2D eigenvalue weighted by Crippen LogP contribution is 2.23. The lowest BCUT2D eigenvalue weighted by Crippen LogP contribution is -2.37. The summed E-state index contributed by atoms with van der Waals surface area (Å²) in [5, 5.41) is 5.27. The van der Waals surface area contributed by atoms with E-state index in [0.717, 1.165) is 57.1 Å². The molecule has 7 heteroatoms. The lowest BCUT2D eigenvalue weighted by Gasteiger charge is -2.26. The van der Waals surface area contributed by atoms with Crippen LogP contribution in [-0.4, -0.2) is 48.2 Å². The third-order valence-electron chi connectivity index (χ3n) is 4.80. The van der Waals surface area contributed by atoms with Crippen LogP contribution in [0.4, 0.5) is 5.69 Å². The van der Waals surface area contributed by atoms with Crippen LogP contribution < -0.4 is 5.73 Å². The van der Waals surface area contributed by atoms with Crippen molar-refractivity contribution in [1.82, 2.24) is 9.47 Å². The molecule has 1 aliphatic heterocycles. The molecule has 27 heavy (non-hydrogen) atoms. The Hall–Kier alpha value is -1.86. The minimum atomic E-state index is 0. The zero-order valence-electron chi connectivity index (χ0n) is 15.2. The van der Waals surface area contributed by atoms with Gasteiger partial charge >= 0.3 is 0 Å². The summed E-state index contributed by atoms with van der Waals surface area (Å²) in [4.78, 5) is 7.07. The van der Waals surface area contributed by atoms with Crippen molar-refractivity contribution < 1.29 is 4.74 Å². The van der Waals surface area contributed by atoms with Gasteiger partial charge in [0.15, 0.2) is 0 Å². The molecule has 2 N–H and O–H groups in total. The predicted molar refractivity (Wildman–Crippen MR) is 116 cm³/mol. The van der Waals surface area contributed by atoms with Crippen molar-refractivity contribution in [2.75, 3.05) is 32.8 Å². The molecule has 0 bridgehead atoms. The van der Waals surface area contributed by atoms with Gasteiger partial charge < -0.3 is 15.0 Å². The number of aromatic nitrogens is 1. The van der Waals surface area contributed by atoms with Gasteiger partial charge in [-0.3, -0.25) is 4.90 Å². The molecule has 1 fully saturated rings. The van der Waals surface area contributed by atoms with Gasteiger partial charge in [-0.2, -0.15) is 11.3 Å². The molecule has 0 saturated carbocycles. The zero-order valence-corrected chi connectivity index (χ0v) is 16.8. The molecular weight excluding hydrogens is 380 g/mol. The van der Waals surface area contributed by atoms with Crippen LogP contribution in [0.2, 0.25) is 0 Å². The summed E-state index contributed by atoms with van der Waals surface area (Å²) in [5.41, 5.74) is 9.22. The second-order valence-electron chi connectivity index (χ2n) is 6.57. The van der Waals surface area contributed by atoms with Crippen molar-refractivity contribution in [1.29, 1.82) is 0 Å². The molecule has 0 amide bonds. The fourth-order valence-electron chi connectivity index (χ4n) is 3.34. The number of hydrogen-bond acceptors (Lipinski definition) is 4. The molecule has 1 aromatic carbocycles. The van der Waals surface area contributed by atoms with Crippen LogP contribution in [0.15, 0.2) is 52.3 Å². The van der Waals surface area contributed by atoms with Crippen molar-refractivity contribution in [3.05, 3.63) is 52.9 Å². The molecule has 0 atom stereocenters. The maximum absolute atomic E-state index is 6.13. The van der Waals surface area contributed by atoms with Crippen molar-refractivity contribution >= 4 is 46.2 Å². The molecule has 0 aliphatic carbocycles. The average molecular weight is 405 g/mol. The fraction of sp³-hybridized carbons (Fsp3) is 0.350. The molecule has 0 radical (unpaired) electrons. The van der Waals surface area contributed by atoms with Crippen LogP contribution >= 0.6 is 23.7 Å². The zero-order chi connectivity index (χ0) is 17.8. The third kappa shape index (κ3) is 4.90. The topological polar surface area (TPSA) is 55.8 Å². The van der Waals surface area contributed by atoms with Gasteiger partial charge in [0.1, 0.15) is 5.84 Å². The van der Waals surface area contributed by atoms with Crippen LogP contribution in [-0.2, 0) is 11.3 Å². The summed E-state index contributed by atoms with van der Waals surface area (Å²) >= 11 is 1.63. The van der Waals surface area contributed by atoms with Crippen molar-refractivity contribution in [2.24, 2.45) is 10.7 Å². The molecule has 3 heterocycles. The summed E-state index contributed by atoms with van der Waals surface area (Å²) in [6.45, 7) is 5.94. The van der Waals surface area contributed by atoms with Gasteiger partial charge in [0.05, 0.1) is 24.4 Å². The van der Waals surface area contributed by atoms with E-state index in [2.05, 4.69) is 38.9 Å². The number of rotatable bonds is 6. The number of halogens is 1. The van der Waals surface area contributed by atoms with Gasteiger partial charge in [-0.05, 0) is 41.5 Å². The molecule has 2 aromatic heterocycles. The quantitative estimate of drug-likeness (QED) is 0.501. The number of nitrogens with zero attached hydrogens (tertiary/aromatic N) is 3. The number of nitrogens with two attached hydrogens (primary N) is 1. The molecule has 1 saturated heterocycles. The summed E-state index contributed by atoms with van der Waals surface area (Å²) in [7, 11) is 0. The maximum atomic E-state index is 6.13. The molecule has 1 aliphatic rings. The first-order valence-corrected chi connectivity index (χ1v) is 9.99. The Balaban J connectivity index is 0.00000210. The van der Waals surface area contributed by atoms with Gasteiger partial charge in [-0.25, -0.2) is 4.99 Å². The van der Waals surface area contributed by atoms with Gasteiger partial charge in [-0.1, -0.05) is 6.07 Å². The SMILES string of the molecule is Cl.NC(=Nc1ccc2ccn(CCCN3CCOCC3)c2c1)c1ccsc1. The van der Waals surface area contributed by atoms with Crippen LogP contribution in [0, 0.1) is 0 Å². The first kappa shape index (κ1) is 19.9. The van der Waals surface area contributed by atoms with Crippen LogP contribution in [0.5, 0.6) is 0 Å². The Bertz CT molecular complexity index is 885. The van der Waals surface area contributed by atoms with E-state index in [4.69, 9.17) is 10.5 Å². The second kappa shape index (κ2) is 9.37. The fourth-order valence-corrected chi connectivity index (χ4v) is 3.99. The molecule has 3 aromatic rings. The first-order chi connectivity index (χ1) is 12.8. The molecule has 0 spiro atoms. The van der Waals surface area contributed by atoms with Gasteiger partial charge in [-0.15, -0.1) is 12.4 Å². The molecule has 5 nitrogen and oxygen atoms in total. The summed E-state index contributed by atoms with van der Waals surface area (Å²) in [6, 6.07) is 10.4. The molecule has 4 rings (SSSR count). The van der Waals surface area contributed by atoms with E-state index in [1.807, 2.05) is 22.9 Å². The largest absolute Gasteiger partial charge is 0.383 e. The average Bonchev–Trinajstić information content (AvgIpc) is 3.33. The number of aliphatic imine (C=N–C) groups is 1. The Morgan fingerprint density at radius 1 is 1.15 bits per heavy atom. The van der Waals surface area contributed by atoms with Crippen LogP contribution in [0.1, 0.15) is 12.0 Å². The highest BCUT2D eigenvalue weighted by atomic mass is 35.5. The van der Waals surface area contributed by atoms with Crippen molar-refractivity contribution in [3.63, 3.8) is 0 Å². The molecule has 144 valence electrons. The smallest absolute Gasteiger partial charge is 0.132 e. The number of ether oxygens (including phenoxy) is 1. The van der Waals surface area contributed by atoms with Crippen LogP contribution in [0.3, 0.4) is 0 Å². The predicted octanol–water partition coefficient (Wildman–Crippen LogP) is 3.88. The van der Waals surface area contributed by atoms with Gasteiger partial charge in [0.25, 0.3) is 0 Å². The highest BCUT2D eigenvalue weighted by Gasteiger charge is 2.10. The highest BCUT2D eigenvalue weighted by molar-refractivity contribution is 7.08. The van der Waals surface area contributed by atoms with Gasteiger partial charge in [0, 0.05) is 43.3 Å². The number of morpholine rings is 1. The first-order valence-electron chi connectivity index (χ1n) is 9.05. The number of benzene rings is 1. The molecule has 0 unspecified atom stereocenters. The lowest BCUT2D eigenvalue weighted by atomic mass is 10.2. The lowest BCUT2D eigenvalue weighted by molar-refractivity contribution is 0.0370. The Labute approximate surface area is 169 Å². The van der Waals surface area contributed by atoms with E-state index in [0.29, 0.717) is 5.84 Å². The van der Waals surface area contributed by atoms with E-state index in [1.54, 1.807) is 11.3 Å². The van der Waals surface area contributed by atoms with Crippen molar-refractivity contribution in [3.8, 4) is 0 Å². The van der Waals surface area contributed by atoms with Gasteiger partial charge in [0.2, 0.25) is 0 Å². The summed E-state index contributed by atoms with van der Waals surface area (Å²) in [5.74, 6) is 0.566. The van der Waals surface area contributed by atoms with Crippen molar-refractivity contribution in [2.45, 2.75) is 13.0 Å². The summed E-state index contributed by atoms with van der Waals surface area (Å²) in [6.07, 6.45) is 3.30. The van der Waals surface area contributed by atoms with E-state index >= 15 is 0 Å². The molecular formula is C20H25ClN4OS. The van der Waals surface area contributed by atoms with E-state index in [9.17, 15) is 0 Å². The Kier molecular flexibility index (Phi) is 6.90. The number of hydrogen-bond donors (Lipinski definition) is 1. The number of thiophene rings is 1. The number of fused-ring (bicyclic) bond motifs is 1. The van der Waals surface area contributed by atoms with Crippen LogP contribution in [0.25, 0.3) is 10.9 Å². The monoisotopic (exact) mass is 404 g/mol.